The Hall–Kier alpha value is -2.22. The Bertz CT molecular complexity index is 547. The van der Waals surface area contributed by atoms with Crippen LogP contribution in [-0.4, -0.2) is 34.7 Å². The second kappa shape index (κ2) is 6.49. The minimum atomic E-state index is -1.00. The molecule has 0 heterocycles. The molecule has 21 heavy (non-hydrogen) atoms. The Balaban J connectivity index is 1.93. The van der Waals surface area contributed by atoms with Crippen molar-refractivity contribution in [2.45, 2.75) is 31.3 Å². The van der Waals surface area contributed by atoms with E-state index in [-0.39, 0.29) is 30.5 Å². The number of hydrogen-bond donors (Lipinski definition) is 2. The molecule has 0 radical (unpaired) electrons. The Kier molecular flexibility index (Phi) is 4.69. The van der Waals surface area contributed by atoms with Gasteiger partial charge in [-0.25, -0.2) is 4.39 Å². The number of ether oxygens (including phenoxy) is 1. The first-order valence-electron chi connectivity index (χ1n) is 6.53. The molecule has 114 valence electrons. The van der Waals surface area contributed by atoms with Crippen molar-refractivity contribution in [3.05, 3.63) is 34.1 Å². The third-order valence-corrected chi connectivity index (χ3v) is 3.09. The quantitative estimate of drug-likeness (QED) is 0.559. The zero-order valence-corrected chi connectivity index (χ0v) is 11.1. The summed E-state index contributed by atoms with van der Waals surface area (Å²) in [5, 5.41) is 22.8. The van der Waals surface area contributed by atoms with Crippen LogP contribution < -0.4 is 10.1 Å². The van der Waals surface area contributed by atoms with Gasteiger partial charge < -0.3 is 15.2 Å². The van der Waals surface area contributed by atoms with Crippen LogP contribution in [0.2, 0.25) is 0 Å². The lowest BCUT2D eigenvalue weighted by Gasteiger charge is -2.14. The molecule has 0 bridgehead atoms. The van der Waals surface area contributed by atoms with E-state index in [2.05, 4.69) is 5.32 Å². The maximum atomic E-state index is 13.1. The van der Waals surface area contributed by atoms with Crippen molar-refractivity contribution in [2.24, 2.45) is 0 Å². The fraction of sp³-hybridized carbons (Fsp3) is 0.462. The zero-order chi connectivity index (χ0) is 15.4. The van der Waals surface area contributed by atoms with Crippen molar-refractivity contribution < 1.29 is 24.0 Å². The van der Waals surface area contributed by atoms with Gasteiger partial charge in [0, 0.05) is 24.6 Å². The Morgan fingerprint density at radius 1 is 1.57 bits per heavy atom. The maximum Gasteiger partial charge on any atom is 0.320 e. The summed E-state index contributed by atoms with van der Waals surface area (Å²) < 4.78 is 18.3. The van der Waals surface area contributed by atoms with Crippen molar-refractivity contribution >= 4 is 11.7 Å². The second-order valence-corrected chi connectivity index (χ2v) is 4.84. The van der Waals surface area contributed by atoms with Crippen LogP contribution in [0, 0.1) is 15.9 Å². The van der Waals surface area contributed by atoms with Crippen LogP contribution in [0.15, 0.2) is 18.2 Å². The number of rotatable bonds is 8. The van der Waals surface area contributed by atoms with Crippen molar-refractivity contribution in [3.8, 4) is 5.75 Å². The number of nitro benzene ring substituents is 1. The molecule has 1 aromatic carbocycles. The standard InChI is InChI=1S/C13H15FN2O5/c14-8-1-4-11(16(19)20)12(7-8)21-6-5-10(13(17)18)15-9-2-3-9/h1,4,7,9-10,15H,2-3,5-6H2,(H,17,18). The van der Waals surface area contributed by atoms with Gasteiger partial charge in [-0.2, -0.15) is 0 Å². The first-order valence-corrected chi connectivity index (χ1v) is 6.53. The lowest BCUT2D eigenvalue weighted by atomic mass is 10.2. The molecular formula is C13H15FN2O5. The predicted molar refractivity (Wildman–Crippen MR) is 70.7 cm³/mol. The number of carbonyl (C=O) groups is 1. The van der Waals surface area contributed by atoms with E-state index in [4.69, 9.17) is 9.84 Å². The molecule has 1 aliphatic carbocycles. The minimum absolute atomic E-state index is 0.0546. The van der Waals surface area contributed by atoms with Gasteiger partial charge in [-0.05, 0) is 18.9 Å². The van der Waals surface area contributed by atoms with Gasteiger partial charge in [-0.15, -0.1) is 0 Å². The molecule has 1 aromatic rings. The summed E-state index contributed by atoms with van der Waals surface area (Å²) in [4.78, 5) is 21.2. The van der Waals surface area contributed by atoms with Gasteiger partial charge in [0.25, 0.3) is 0 Å². The largest absolute Gasteiger partial charge is 0.487 e. The molecule has 2 rings (SSSR count). The summed E-state index contributed by atoms with van der Waals surface area (Å²) in [5.41, 5.74) is -0.349. The van der Waals surface area contributed by atoms with Gasteiger partial charge in [0.15, 0.2) is 5.75 Å². The second-order valence-electron chi connectivity index (χ2n) is 4.84. The van der Waals surface area contributed by atoms with E-state index in [9.17, 15) is 19.3 Å². The number of benzene rings is 1. The lowest BCUT2D eigenvalue weighted by Crippen LogP contribution is -2.39. The number of carboxylic acid groups (broad SMARTS) is 1. The number of nitrogens with zero attached hydrogens (tertiary/aromatic N) is 1. The van der Waals surface area contributed by atoms with E-state index >= 15 is 0 Å². The Labute approximate surface area is 119 Å². The van der Waals surface area contributed by atoms with E-state index in [0.717, 1.165) is 31.0 Å². The average molecular weight is 298 g/mol. The van der Waals surface area contributed by atoms with Crippen LogP contribution in [0.5, 0.6) is 5.75 Å². The fourth-order valence-electron chi connectivity index (χ4n) is 1.85. The van der Waals surface area contributed by atoms with E-state index in [1.165, 1.54) is 0 Å². The molecule has 7 nitrogen and oxygen atoms in total. The van der Waals surface area contributed by atoms with E-state index < -0.39 is 22.8 Å². The third-order valence-electron chi connectivity index (χ3n) is 3.09. The summed E-state index contributed by atoms with van der Waals surface area (Å²) in [7, 11) is 0. The highest BCUT2D eigenvalue weighted by molar-refractivity contribution is 5.73. The number of aliphatic carboxylic acids is 1. The van der Waals surface area contributed by atoms with Crippen LogP contribution in [0.25, 0.3) is 0 Å². The summed E-state index contributed by atoms with van der Waals surface area (Å²) in [5.74, 6) is -1.85. The van der Waals surface area contributed by atoms with Gasteiger partial charge >= 0.3 is 11.7 Å². The van der Waals surface area contributed by atoms with E-state index in [1.54, 1.807) is 0 Å². The number of hydrogen-bond acceptors (Lipinski definition) is 5. The molecule has 1 unspecified atom stereocenters. The smallest absolute Gasteiger partial charge is 0.320 e. The SMILES string of the molecule is O=C(O)C(CCOc1cc(F)ccc1[N+](=O)[O-])NC1CC1. The molecule has 1 aliphatic rings. The lowest BCUT2D eigenvalue weighted by molar-refractivity contribution is -0.385. The summed E-state index contributed by atoms with van der Waals surface area (Å²) in [6, 6.07) is 2.35. The first-order chi connectivity index (χ1) is 9.97. The number of carboxylic acids is 1. The summed E-state index contributed by atoms with van der Waals surface area (Å²) >= 11 is 0. The average Bonchev–Trinajstić information content (AvgIpc) is 3.21. The predicted octanol–water partition coefficient (Wildman–Crippen LogP) is 1.71. The van der Waals surface area contributed by atoms with Crippen molar-refractivity contribution in [1.29, 1.82) is 0 Å². The van der Waals surface area contributed by atoms with Crippen molar-refractivity contribution in [1.82, 2.24) is 5.32 Å². The molecule has 0 aliphatic heterocycles. The zero-order valence-electron chi connectivity index (χ0n) is 11.1. The summed E-state index contributed by atoms with van der Waals surface area (Å²) in [6.07, 6.45) is 2.03. The van der Waals surface area contributed by atoms with Crippen molar-refractivity contribution in [3.63, 3.8) is 0 Å². The molecule has 1 saturated carbocycles. The highest BCUT2D eigenvalue weighted by Gasteiger charge is 2.28. The number of nitro groups is 1. The van der Waals surface area contributed by atoms with Gasteiger partial charge in [0.1, 0.15) is 11.9 Å². The summed E-state index contributed by atoms with van der Waals surface area (Å²) in [6.45, 7) is -0.0546. The molecule has 1 fully saturated rings. The monoisotopic (exact) mass is 298 g/mol. The topological polar surface area (TPSA) is 102 Å². The minimum Gasteiger partial charge on any atom is -0.487 e. The van der Waals surface area contributed by atoms with Crippen LogP contribution in [0.4, 0.5) is 10.1 Å². The fourth-order valence-corrected chi connectivity index (χ4v) is 1.85. The van der Waals surface area contributed by atoms with Gasteiger partial charge in [-0.1, -0.05) is 0 Å². The van der Waals surface area contributed by atoms with Crippen molar-refractivity contribution in [2.75, 3.05) is 6.61 Å². The number of halogens is 1. The normalized spacial score (nSPS) is 15.5. The molecule has 1 atom stereocenters. The van der Waals surface area contributed by atoms with E-state index in [0.29, 0.717) is 0 Å². The molecule has 0 amide bonds. The molecule has 0 saturated heterocycles. The van der Waals surface area contributed by atoms with Gasteiger partial charge in [0.2, 0.25) is 0 Å². The van der Waals surface area contributed by atoms with Crippen LogP contribution in [-0.2, 0) is 4.79 Å². The van der Waals surface area contributed by atoms with Crippen LogP contribution in [0.3, 0.4) is 0 Å². The van der Waals surface area contributed by atoms with E-state index in [1.807, 2.05) is 0 Å². The highest BCUT2D eigenvalue weighted by atomic mass is 19.1. The van der Waals surface area contributed by atoms with Crippen LogP contribution in [0.1, 0.15) is 19.3 Å². The molecule has 2 N–H and O–H groups in total. The van der Waals surface area contributed by atoms with Gasteiger partial charge in [-0.3, -0.25) is 14.9 Å². The maximum absolute atomic E-state index is 13.1. The molecule has 0 aromatic heterocycles. The van der Waals surface area contributed by atoms with Gasteiger partial charge in [0.05, 0.1) is 11.5 Å². The first kappa shape index (κ1) is 15.2. The number of nitrogens with one attached hydrogen (secondary N) is 1. The third kappa shape index (κ3) is 4.38. The molecule has 8 heteroatoms. The molecule has 0 spiro atoms. The Morgan fingerprint density at radius 2 is 2.29 bits per heavy atom. The van der Waals surface area contributed by atoms with Crippen LogP contribution >= 0.6 is 0 Å². The molecular weight excluding hydrogens is 283 g/mol. The Morgan fingerprint density at radius 3 is 2.86 bits per heavy atom. The highest BCUT2D eigenvalue weighted by Crippen LogP contribution is 2.27.